The molecule has 0 bridgehead atoms. The van der Waals surface area contributed by atoms with Crippen molar-refractivity contribution in [1.82, 2.24) is 0 Å². The third-order valence-corrected chi connectivity index (χ3v) is 6.21. The minimum atomic E-state index is 0.0462. The van der Waals surface area contributed by atoms with Gasteiger partial charge in [-0.15, -0.1) is 0 Å². The molecule has 29 heavy (non-hydrogen) atoms. The molecule has 1 heterocycles. The van der Waals surface area contributed by atoms with Gasteiger partial charge in [0.1, 0.15) is 11.9 Å². The van der Waals surface area contributed by atoms with Crippen LogP contribution < -0.4 is 10.1 Å². The second kappa shape index (κ2) is 8.32. The average molecular weight is 386 g/mol. The summed E-state index contributed by atoms with van der Waals surface area (Å²) in [4.78, 5) is 0. The van der Waals surface area contributed by atoms with Crippen LogP contribution in [-0.2, 0) is 6.42 Å². The lowest BCUT2D eigenvalue weighted by Gasteiger charge is -2.32. The van der Waals surface area contributed by atoms with E-state index in [1.165, 1.54) is 51.8 Å². The highest BCUT2D eigenvalue weighted by Gasteiger charge is 2.27. The SMILES string of the molecule is CCCCc1ccc(-c2c(C)c(C)c3c(c2C)NCC(c2ccccc2)O3)cc1. The number of unbranched alkanes of at least 4 members (excludes halogenated alkanes) is 1. The highest BCUT2D eigenvalue weighted by Crippen LogP contribution is 2.45. The summed E-state index contributed by atoms with van der Waals surface area (Å²) < 4.78 is 6.50. The molecular formula is C27H31NO. The molecule has 0 saturated heterocycles. The molecule has 0 saturated carbocycles. The van der Waals surface area contributed by atoms with Crippen LogP contribution in [0.5, 0.6) is 5.75 Å². The van der Waals surface area contributed by atoms with Crippen LogP contribution in [-0.4, -0.2) is 6.54 Å². The summed E-state index contributed by atoms with van der Waals surface area (Å²) in [5.74, 6) is 1.00. The standard InChI is InChI=1S/C27H31NO/c1-5-6-10-21-13-15-23(16-14-21)25-18(2)19(3)27-26(20(25)4)28-17-24(29-27)22-11-8-7-9-12-22/h7-9,11-16,24,28H,5-6,10,17H2,1-4H3. The maximum absolute atomic E-state index is 6.50. The number of hydrogen-bond acceptors (Lipinski definition) is 2. The molecule has 0 aromatic heterocycles. The second-order valence-corrected chi connectivity index (χ2v) is 8.15. The Labute approximate surface area is 174 Å². The Hall–Kier alpha value is -2.74. The molecule has 1 N–H and O–H groups in total. The molecule has 3 aromatic rings. The highest BCUT2D eigenvalue weighted by molar-refractivity contribution is 5.83. The lowest BCUT2D eigenvalue weighted by atomic mass is 9.89. The summed E-state index contributed by atoms with van der Waals surface area (Å²) in [6.07, 6.45) is 3.69. The van der Waals surface area contributed by atoms with Crippen LogP contribution in [0.25, 0.3) is 11.1 Å². The van der Waals surface area contributed by atoms with Crippen molar-refractivity contribution in [3.05, 3.63) is 82.4 Å². The lowest BCUT2D eigenvalue weighted by molar-refractivity contribution is 0.208. The third kappa shape index (κ3) is 3.76. The maximum Gasteiger partial charge on any atom is 0.146 e. The van der Waals surface area contributed by atoms with Gasteiger partial charge in [-0.1, -0.05) is 67.9 Å². The number of benzene rings is 3. The number of ether oxygens (including phenoxy) is 1. The molecule has 1 atom stereocenters. The zero-order valence-corrected chi connectivity index (χ0v) is 18.0. The molecule has 3 aromatic carbocycles. The van der Waals surface area contributed by atoms with E-state index in [2.05, 4.69) is 81.5 Å². The van der Waals surface area contributed by atoms with E-state index in [4.69, 9.17) is 4.74 Å². The van der Waals surface area contributed by atoms with Crippen LogP contribution in [0.15, 0.2) is 54.6 Å². The molecule has 2 nitrogen and oxygen atoms in total. The molecule has 0 radical (unpaired) electrons. The van der Waals surface area contributed by atoms with Gasteiger partial charge in [0.25, 0.3) is 0 Å². The van der Waals surface area contributed by atoms with Gasteiger partial charge in [0, 0.05) is 0 Å². The van der Waals surface area contributed by atoms with Gasteiger partial charge in [-0.2, -0.15) is 0 Å². The fraction of sp³-hybridized carbons (Fsp3) is 0.333. The van der Waals surface area contributed by atoms with Crippen LogP contribution >= 0.6 is 0 Å². The smallest absolute Gasteiger partial charge is 0.146 e. The predicted molar refractivity (Wildman–Crippen MR) is 123 cm³/mol. The van der Waals surface area contributed by atoms with E-state index in [0.717, 1.165) is 24.4 Å². The Balaban J connectivity index is 1.70. The fourth-order valence-electron chi connectivity index (χ4n) is 4.37. The quantitative estimate of drug-likeness (QED) is 0.503. The normalized spacial score (nSPS) is 15.4. The Bertz CT molecular complexity index is 990. The van der Waals surface area contributed by atoms with Crippen molar-refractivity contribution >= 4 is 5.69 Å². The molecule has 1 aliphatic heterocycles. The largest absolute Gasteiger partial charge is 0.481 e. The van der Waals surface area contributed by atoms with Crippen LogP contribution in [0.2, 0.25) is 0 Å². The van der Waals surface area contributed by atoms with Gasteiger partial charge in [-0.3, -0.25) is 0 Å². The van der Waals surface area contributed by atoms with Gasteiger partial charge in [-0.05, 0) is 72.6 Å². The molecule has 2 heteroatoms. The maximum atomic E-state index is 6.50. The number of fused-ring (bicyclic) bond motifs is 1. The van der Waals surface area contributed by atoms with Crippen molar-refractivity contribution in [2.75, 3.05) is 11.9 Å². The van der Waals surface area contributed by atoms with E-state index in [1.54, 1.807) is 0 Å². The number of anilines is 1. The van der Waals surface area contributed by atoms with Crippen molar-refractivity contribution < 1.29 is 4.74 Å². The molecule has 4 rings (SSSR count). The van der Waals surface area contributed by atoms with Gasteiger partial charge in [0.2, 0.25) is 0 Å². The van der Waals surface area contributed by atoms with Crippen molar-refractivity contribution in [2.45, 2.75) is 53.1 Å². The minimum Gasteiger partial charge on any atom is -0.481 e. The number of hydrogen-bond donors (Lipinski definition) is 1. The summed E-state index contributed by atoms with van der Waals surface area (Å²) in [7, 11) is 0. The van der Waals surface area contributed by atoms with E-state index >= 15 is 0 Å². The third-order valence-electron chi connectivity index (χ3n) is 6.21. The molecular weight excluding hydrogens is 354 g/mol. The van der Waals surface area contributed by atoms with Gasteiger partial charge >= 0.3 is 0 Å². The van der Waals surface area contributed by atoms with Gasteiger partial charge in [0.05, 0.1) is 12.2 Å². The molecule has 1 unspecified atom stereocenters. The zero-order valence-electron chi connectivity index (χ0n) is 18.0. The fourth-order valence-corrected chi connectivity index (χ4v) is 4.37. The number of nitrogens with one attached hydrogen (secondary N) is 1. The zero-order chi connectivity index (χ0) is 20.4. The molecule has 0 amide bonds. The summed E-state index contributed by atoms with van der Waals surface area (Å²) in [6.45, 7) is 9.65. The second-order valence-electron chi connectivity index (χ2n) is 8.15. The molecule has 0 fully saturated rings. The van der Waals surface area contributed by atoms with Gasteiger partial charge in [0.15, 0.2) is 0 Å². The van der Waals surface area contributed by atoms with Crippen LogP contribution in [0.1, 0.15) is 53.7 Å². The number of aryl methyl sites for hydroxylation is 1. The first-order valence-electron chi connectivity index (χ1n) is 10.8. The Morgan fingerprint density at radius 2 is 1.62 bits per heavy atom. The van der Waals surface area contributed by atoms with Crippen molar-refractivity contribution in [2.24, 2.45) is 0 Å². The Kier molecular flexibility index (Phi) is 5.62. The topological polar surface area (TPSA) is 21.3 Å². The van der Waals surface area contributed by atoms with Crippen molar-refractivity contribution in [3.8, 4) is 16.9 Å². The van der Waals surface area contributed by atoms with Crippen LogP contribution in [0.3, 0.4) is 0 Å². The van der Waals surface area contributed by atoms with E-state index in [-0.39, 0.29) is 6.10 Å². The summed E-state index contributed by atoms with van der Waals surface area (Å²) in [5.41, 5.74) is 10.2. The molecule has 1 aliphatic rings. The molecule has 0 spiro atoms. The Morgan fingerprint density at radius 1 is 0.897 bits per heavy atom. The predicted octanol–water partition coefficient (Wildman–Crippen LogP) is 7.17. The Morgan fingerprint density at radius 3 is 2.31 bits per heavy atom. The van der Waals surface area contributed by atoms with E-state index < -0.39 is 0 Å². The first-order valence-corrected chi connectivity index (χ1v) is 10.8. The van der Waals surface area contributed by atoms with E-state index in [0.29, 0.717) is 0 Å². The minimum absolute atomic E-state index is 0.0462. The average Bonchev–Trinajstić information content (AvgIpc) is 2.77. The van der Waals surface area contributed by atoms with Crippen molar-refractivity contribution in [3.63, 3.8) is 0 Å². The summed E-state index contributed by atoms with van der Waals surface area (Å²) in [5, 5.41) is 3.67. The van der Waals surface area contributed by atoms with Gasteiger partial charge in [-0.25, -0.2) is 0 Å². The van der Waals surface area contributed by atoms with Gasteiger partial charge < -0.3 is 10.1 Å². The molecule has 150 valence electrons. The molecule has 0 aliphatic carbocycles. The van der Waals surface area contributed by atoms with Crippen LogP contribution in [0.4, 0.5) is 5.69 Å². The monoisotopic (exact) mass is 385 g/mol. The first-order chi connectivity index (χ1) is 14.1. The van der Waals surface area contributed by atoms with E-state index in [9.17, 15) is 0 Å². The van der Waals surface area contributed by atoms with Crippen molar-refractivity contribution in [1.29, 1.82) is 0 Å². The van der Waals surface area contributed by atoms with E-state index in [1.807, 2.05) is 6.07 Å². The summed E-state index contributed by atoms with van der Waals surface area (Å²) in [6, 6.07) is 19.6. The first kappa shape index (κ1) is 19.6. The highest BCUT2D eigenvalue weighted by atomic mass is 16.5. The lowest BCUT2D eigenvalue weighted by Crippen LogP contribution is -2.25. The summed E-state index contributed by atoms with van der Waals surface area (Å²) >= 11 is 0. The van der Waals surface area contributed by atoms with Crippen LogP contribution in [0, 0.1) is 20.8 Å². The number of rotatable bonds is 5.